The SMILES string of the molecule is O=C(O)/C(=C/C(=O)c1ccc([N+](=O)[O-])cc1)Nc1ccccc1. The highest BCUT2D eigenvalue weighted by Crippen LogP contribution is 2.14. The average molecular weight is 312 g/mol. The third-order valence-electron chi connectivity index (χ3n) is 2.92. The van der Waals surface area contributed by atoms with Gasteiger partial charge in [0.25, 0.3) is 5.69 Å². The Labute approximate surface area is 131 Å². The van der Waals surface area contributed by atoms with Crippen LogP contribution in [0.25, 0.3) is 0 Å². The van der Waals surface area contributed by atoms with Crippen molar-refractivity contribution in [1.29, 1.82) is 0 Å². The molecular formula is C16H12N2O5. The number of para-hydroxylation sites is 1. The van der Waals surface area contributed by atoms with Gasteiger partial charge in [-0.15, -0.1) is 0 Å². The summed E-state index contributed by atoms with van der Waals surface area (Å²) in [5.74, 6) is -1.86. The van der Waals surface area contributed by atoms with Crippen molar-refractivity contribution in [3.8, 4) is 0 Å². The van der Waals surface area contributed by atoms with Gasteiger partial charge in [0.15, 0.2) is 5.78 Å². The first-order valence-corrected chi connectivity index (χ1v) is 6.53. The maximum Gasteiger partial charge on any atom is 0.352 e. The van der Waals surface area contributed by atoms with Crippen molar-refractivity contribution < 1.29 is 19.6 Å². The number of ketones is 1. The average Bonchev–Trinajstić information content (AvgIpc) is 2.55. The van der Waals surface area contributed by atoms with Gasteiger partial charge in [-0.05, 0) is 24.3 Å². The Morgan fingerprint density at radius 1 is 1.04 bits per heavy atom. The molecule has 116 valence electrons. The van der Waals surface area contributed by atoms with Crippen molar-refractivity contribution in [2.45, 2.75) is 0 Å². The number of nitrogens with one attached hydrogen (secondary N) is 1. The van der Waals surface area contributed by atoms with Gasteiger partial charge in [-0.2, -0.15) is 0 Å². The number of carbonyl (C=O) groups is 2. The summed E-state index contributed by atoms with van der Waals surface area (Å²) in [5.41, 5.74) is 0.243. The Balaban J connectivity index is 2.23. The highest BCUT2D eigenvalue weighted by Gasteiger charge is 2.13. The first-order chi connectivity index (χ1) is 11.0. The van der Waals surface area contributed by atoms with E-state index in [0.29, 0.717) is 5.69 Å². The lowest BCUT2D eigenvalue weighted by Gasteiger charge is -2.06. The van der Waals surface area contributed by atoms with E-state index in [-0.39, 0.29) is 16.9 Å². The number of nitro groups is 1. The summed E-state index contributed by atoms with van der Waals surface area (Å²) in [6.07, 6.45) is 0.941. The van der Waals surface area contributed by atoms with Crippen LogP contribution in [0.2, 0.25) is 0 Å². The van der Waals surface area contributed by atoms with Crippen molar-refractivity contribution in [3.05, 3.63) is 82.0 Å². The number of allylic oxidation sites excluding steroid dienone is 1. The number of carboxylic acids is 1. The minimum Gasteiger partial charge on any atom is -0.477 e. The topological polar surface area (TPSA) is 110 Å². The fourth-order valence-electron chi connectivity index (χ4n) is 1.79. The zero-order chi connectivity index (χ0) is 16.8. The third kappa shape index (κ3) is 4.24. The number of nitrogens with zero attached hydrogens (tertiary/aromatic N) is 1. The molecule has 2 aromatic rings. The standard InChI is InChI=1S/C16H12N2O5/c19-15(11-6-8-13(9-7-11)18(22)23)10-14(16(20)21)17-12-4-2-1-3-5-12/h1-10,17H,(H,20,21)/b14-10-. The zero-order valence-electron chi connectivity index (χ0n) is 11.8. The normalized spacial score (nSPS) is 10.9. The highest BCUT2D eigenvalue weighted by atomic mass is 16.6. The molecule has 0 fully saturated rings. The Hall–Kier alpha value is -3.48. The van der Waals surface area contributed by atoms with Gasteiger partial charge in [-0.25, -0.2) is 4.79 Å². The lowest BCUT2D eigenvalue weighted by molar-refractivity contribution is -0.384. The van der Waals surface area contributed by atoms with Crippen LogP contribution in [0.15, 0.2) is 66.4 Å². The second kappa shape index (κ2) is 6.99. The summed E-state index contributed by atoms with van der Waals surface area (Å²) in [5, 5.41) is 22.4. The fraction of sp³-hybridized carbons (Fsp3) is 0. The van der Waals surface area contributed by atoms with Crippen LogP contribution in [0.3, 0.4) is 0 Å². The molecule has 0 aliphatic rings. The van der Waals surface area contributed by atoms with E-state index in [4.69, 9.17) is 0 Å². The molecule has 0 atom stereocenters. The molecule has 0 unspecified atom stereocenters. The Morgan fingerprint density at radius 2 is 1.65 bits per heavy atom. The Kier molecular flexibility index (Phi) is 4.83. The second-order valence-electron chi connectivity index (χ2n) is 4.52. The van der Waals surface area contributed by atoms with Gasteiger partial charge in [0.2, 0.25) is 0 Å². The molecular weight excluding hydrogens is 300 g/mol. The van der Waals surface area contributed by atoms with Crippen LogP contribution in [0.4, 0.5) is 11.4 Å². The van der Waals surface area contributed by atoms with E-state index < -0.39 is 16.7 Å². The molecule has 0 heterocycles. The molecule has 0 saturated carbocycles. The lowest BCUT2D eigenvalue weighted by atomic mass is 10.1. The van der Waals surface area contributed by atoms with Crippen molar-refractivity contribution in [2.24, 2.45) is 0 Å². The summed E-state index contributed by atoms with van der Waals surface area (Å²) in [4.78, 5) is 33.3. The number of nitro benzene ring substituents is 1. The van der Waals surface area contributed by atoms with E-state index >= 15 is 0 Å². The van der Waals surface area contributed by atoms with Crippen LogP contribution < -0.4 is 5.32 Å². The number of aliphatic carboxylic acids is 1. The van der Waals surface area contributed by atoms with Crippen molar-refractivity contribution in [1.82, 2.24) is 0 Å². The zero-order valence-corrected chi connectivity index (χ0v) is 11.8. The predicted octanol–water partition coefficient (Wildman–Crippen LogP) is 2.86. The number of carbonyl (C=O) groups excluding carboxylic acids is 1. The quantitative estimate of drug-likeness (QED) is 0.367. The van der Waals surface area contributed by atoms with Crippen LogP contribution >= 0.6 is 0 Å². The molecule has 2 rings (SSSR count). The number of benzene rings is 2. The highest BCUT2D eigenvalue weighted by molar-refractivity contribution is 6.09. The molecule has 0 bridgehead atoms. The molecule has 0 amide bonds. The molecule has 0 aliphatic carbocycles. The first kappa shape index (κ1) is 15.9. The predicted molar refractivity (Wildman–Crippen MR) is 83.2 cm³/mol. The van der Waals surface area contributed by atoms with E-state index in [1.54, 1.807) is 30.3 Å². The third-order valence-corrected chi connectivity index (χ3v) is 2.92. The molecule has 0 saturated heterocycles. The second-order valence-corrected chi connectivity index (χ2v) is 4.52. The van der Waals surface area contributed by atoms with E-state index in [9.17, 15) is 24.8 Å². The van der Waals surface area contributed by atoms with Crippen molar-refractivity contribution in [2.75, 3.05) is 5.32 Å². The summed E-state index contributed by atoms with van der Waals surface area (Å²) in [6, 6.07) is 13.5. The van der Waals surface area contributed by atoms with Gasteiger partial charge in [-0.3, -0.25) is 14.9 Å². The molecule has 7 nitrogen and oxygen atoms in total. The molecule has 2 N–H and O–H groups in total. The Morgan fingerprint density at radius 3 is 2.17 bits per heavy atom. The molecule has 0 aliphatic heterocycles. The molecule has 0 radical (unpaired) electrons. The van der Waals surface area contributed by atoms with Gasteiger partial charge >= 0.3 is 5.97 Å². The fourth-order valence-corrected chi connectivity index (χ4v) is 1.79. The van der Waals surface area contributed by atoms with Gasteiger partial charge < -0.3 is 10.4 Å². The lowest BCUT2D eigenvalue weighted by Crippen LogP contribution is -2.12. The summed E-state index contributed by atoms with van der Waals surface area (Å²) in [6.45, 7) is 0. The van der Waals surface area contributed by atoms with Crippen LogP contribution in [0, 0.1) is 10.1 Å². The van der Waals surface area contributed by atoms with Crippen LogP contribution in [0.5, 0.6) is 0 Å². The maximum atomic E-state index is 12.1. The largest absolute Gasteiger partial charge is 0.477 e. The van der Waals surface area contributed by atoms with E-state index in [1.165, 1.54) is 24.3 Å². The summed E-state index contributed by atoms with van der Waals surface area (Å²) in [7, 11) is 0. The Bertz CT molecular complexity index is 767. The molecule has 23 heavy (non-hydrogen) atoms. The molecule has 7 heteroatoms. The smallest absolute Gasteiger partial charge is 0.352 e. The van der Waals surface area contributed by atoms with Gasteiger partial charge in [0.1, 0.15) is 5.70 Å². The molecule has 0 spiro atoms. The van der Waals surface area contributed by atoms with Crippen molar-refractivity contribution >= 4 is 23.1 Å². The maximum absolute atomic E-state index is 12.1. The van der Waals surface area contributed by atoms with E-state index in [1.807, 2.05) is 0 Å². The number of hydrogen-bond acceptors (Lipinski definition) is 5. The number of carboxylic acid groups (broad SMARTS) is 1. The summed E-state index contributed by atoms with van der Waals surface area (Å²) >= 11 is 0. The first-order valence-electron chi connectivity index (χ1n) is 6.53. The van der Waals surface area contributed by atoms with E-state index in [0.717, 1.165) is 6.08 Å². The van der Waals surface area contributed by atoms with Crippen LogP contribution in [-0.2, 0) is 4.79 Å². The summed E-state index contributed by atoms with van der Waals surface area (Å²) < 4.78 is 0. The monoisotopic (exact) mass is 312 g/mol. The number of hydrogen-bond donors (Lipinski definition) is 2. The van der Waals surface area contributed by atoms with Crippen LogP contribution in [0.1, 0.15) is 10.4 Å². The van der Waals surface area contributed by atoms with Gasteiger partial charge in [0.05, 0.1) is 4.92 Å². The number of anilines is 1. The van der Waals surface area contributed by atoms with Crippen molar-refractivity contribution in [3.63, 3.8) is 0 Å². The van der Waals surface area contributed by atoms with E-state index in [2.05, 4.69) is 5.32 Å². The number of rotatable bonds is 6. The van der Waals surface area contributed by atoms with Gasteiger partial charge in [0, 0.05) is 29.5 Å². The number of non-ortho nitro benzene ring substituents is 1. The minimum atomic E-state index is -1.29. The molecule has 0 aromatic heterocycles. The minimum absolute atomic E-state index is 0.147. The van der Waals surface area contributed by atoms with Gasteiger partial charge in [-0.1, -0.05) is 18.2 Å². The van der Waals surface area contributed by atoms with Crippen LogP contribution in [-0.4, -0.2) is 21.8 Å². The molecule has 2 aromatic carbocycles.